The summed E-state index contributed by atoms with van der Waals surface area (Å²) >= 11 is 0. The lowest BCUT2D eigenvalue weighted by atomic mass is 9.67. The second kappa shape index (κ2) is 7.32. The van der Waals surface area contributed by atoms with Gasteiger partial charge in [0.15, 0.2) is 0 Å². The van der Waals surface area contributed by atoms with Crippen LogP contribution in [0.25, 0.3) is 0 Å². The van der Waals surface area contributed by atoms with Crippen molar-refractivity contribution in [1.82, 2.24) is 4.90 Å². The topological polar surface area (TPSA) is 69.6 Å². The van der Waals surface area contributed by atoms with Crippen LogP contribution in [-0.4, -0.2) is 44.3 Å². The van der Waals surface area contributed by atoms with E-state index < -0.39 is 15.6 Å². The van der Waals surface area contributed by atoms with Gasteiger partial charge in [0.1, 0.15) is 0 Å². The smallest absolute Gasteiger partial charge is 0.229 e. The van der Waals surface area contributed by atoms with Crippen LogP contribution in [0.1, 0.15) is 37.3 Å². The molecule has 5 rings (SSSR count). The molecule has 1 aliphatic heterocycles. The van der Waals surface area contributed by atoms with E-state index in [0.717, 1.165) is 44.5 Å². The van der Waals surface area contributed by atoms with Crippen LogP contribution in [0.15, 0.2) is 54.6 Å². The molecule has 0 spiro atoms. The van der Waals surface area contributed by atoms with Gasteiger partial charge in [-0.15, -0.1) is 0 Å². The number of hydrogen-bond acceptors (Lipinski definition) is 4. The van der Waals surface area contributed by atoms with Crippen LogP contribution in [0.4, 0.5) is 5.69 Å². The van der Waals surface area contributed by atoms with Crippen molar-refractivity contribution in [2.75, 3.05) is 30.6 Å². The quantitative estimate of drug-likeness (QED) is 0.691. The summed E-state index contributed by atoms with van der Waals surface area (Å²) in [6, 6.07) is 18.0. The summed E-state index contributed by atoms with van der Waals surface area (Å²) in [5.41, 5.74) is 2.50. The SMILES string of the molecule is CCC1(c2cccc(NS(C)(=O)=O)c2)C2CN(CC3CC(O)(c4ccccc4)C3)CC21. The van der Waals surface area contributed by atoms with Gasteiger partial charge in [0.2, 0.25) is 10.0 Å². The van der Waals surface area contributed by atoms with Crippen LogP contribution < -0.4 is 4.72 Å². The molecule has 0 amide bonds. The van der Waals surface area contributed by atoms with Crippen molar-refractivity contribution in [1.29, 1.82) is 0 Å². The zero-order valence-electron chi connectivity index (χ0n) is 18.3. The lowest BCUT2D eigenvalue weighted by molar-refractivity contribution is -0.0872. The maximum Gasteiger partial charge on any atom is 0.229 e. The minimum Gasteiger partial charge on any atom is -0.385 e. The molecule has 2 aliphatic carbocycles. The van der Waals surface area contributed by atoms with Crippen molar-refractivity contribution in [2.24, 2.45) is 17.8 Å². The maximum absolute atomic E-state index is 11.6. The number of piperidine rings is 1. The minimum absolute atomic E-state index is 0.177. The van der Waals surface area contributed by atoms with Gasteiger partial charge in [-0.2, -0.15) is 0 Å². The second-order valence-corrected chi connectivity index (χ2v) is 11.7. The van der Waals surface area contributed by atoms with Crippen molar-refractivity contribution >= 4 is 15.7 Å². The Bertz CT molecular complexity index is 1050. The van der Waals surface area contributed by atoms with Gasteiger partial charge in [-0.25, -0.2) is 8.42 Å². The Balaban J connectivity index is 1.20. The largest absolute Gasteiger partial charge is 0.385 e. The molecule has 2 unspecified atom stereocenters. The monoisotopic (exact) mass is 440 g/mol. The predicted octanol–water partition coefficient (Wildman–Crippen LogP) is 3.57. The Morgan fingerprint density at radius 2 is 1.68 bits per heavy atom. The molecule has 0 aromatic heterocycles. The normalized spacial score (nSPS) is 34.7. The van der Waals surface area contributed by atoms with Crippen LogP contribution in [0.3, 0.4) is 0 Å². The number of sulfonamides is 1. The molecule has 1 heterocycles. The third-order valence-electron chi connectivity index (χ3n) is 7.98. The van der Waals surface area contributed by atoms with Gasteiger partial charge in [0.05, 0.1) is 11.9 Å². The lowest BCUT2D eigenvalue weighted by Crippen LogP contribution is -2.46. The molecule has 2 saturated carbocycles. The first-order valence-electron chi connectivity index (χ1n) is 11.3. The highest BCUT2D eigenvalue weighted by molar-refractivity contribution is 7.92. The van der Waals surface area contributed by atoms with E-state index in [4.69, 9.17) is 0 Å². The summed E-state index contributed by atoms with van der Waals surface area (Å²) in [5.74, 6) is 1.83. The standard InChI is InChI=1S/C25H32N2O3S/c1-3-25(20-10-7-11-21(12-20)26-31(2,29)30)22-16-27(17-23(22)25)15-18-13-24(28,14-18)19-8-5-4-6-9-19/h4-12,18,22-23,26,28H,3,13-17H2,1-2H3. The van der Waals surface area contributed by atoms with Crippen LogP contribution in [0, 0.1) is 17.8 Å². The van der Waals surface area contributed by atoms with Gasteiger partial charge in [0, 0.05) is 30.7 Å². The molecule has 2 atom stereocenters. The minimum atomic E-state index is -3.27. The third kappa shape index (κ3) is 3.69. The number of nitrogens with one attached hydrogen (secondary N) is 1. The highest BCUT2D eigenvalue weighted by Gasteiger charge is 2.67. The fourth-order valence-corrected chi connectivity index (χ4v) is 7.14. The van der Waals surface area contributed by atoms with Crippen molar-refractivity contribution in [2.45, 2.75) is 37.2 Å². The van der Waals surface area contributed by atoms with Gasteiger partial charge >= 0.3 is 0 Å². The number of hydrogen-bond donors (Lipinski definition) is 2. The van der Waals surface area contributed by atoms with Crippen molar-refractivity contribution in [3.05, 3.63) is 65.7 Å². The van der Waals surface area contributed by atoms with Crippen molar-refractivity contribution in [3.8, 4) is 0 Å². The van der Waals surface area contributed by atoms with E-state index in [1.165, 1.54) is 11.8 Å². The molecule has 2 N–H and O–H groups in total. The van der Waals surface area contributed by atoms with E-state index in [1.807, 2.05) is 48.5 Å². The van der Waals surface area contributed by atoms with E-state index >= 15 is 0 Å². The molecule has 5 nitrogen and oxygen atoms in total. The Morgan fingerprint density at radius 3 is 2.29 bits per heavy atom. The molecule has 0 radical (unpaired) electrons. The zero-order valence-corrected chi connectivity index (χ0v) is 19.1. The molecule has 2 aromatic carbocycles. The molecule has 3 aliphatic rings. The molecular formula is C25H32N2O3S. The van der Waals surface area contributed by atoms with Gasteiger partial charge in [-0.05, 0) is 60.3 Å². The first kappa shape index (κ1) is 21.0. The molecule has 2 aromatic rings. The maximum atomic E-state index is 11.6. The summed E-state index contributed by atoms with van der Waals surface area (Å²) in [6.07, 6.45) is 3.97. The summed E-state index contributed by atoms with van der Waals surface area (Å²) < 4.78 is 25.9. The number of benzene rings is 2. The van der Waals surface area contributed by atoms with Crippen molar-refractivity contribution in [3.63, 3.8) is 0 Å². The van der Waals surface area contributed by atoms with Crippen LogP contribution in [0.2, 0.25) is 0 Å². The summed E-state index contributed by atoms with van der Waals surface area (Å²) in [5, 5.41) is 10.9. The van der Waals surface area contributed by atoms with Gasteiger partial charge in [0.25, 0.3) is 0 Å². The molecule has 31 heavy (non-hydrogen) atoms. The molecule has 1 saturated heterocycles. The second-order valence-electron chi connectivity index (χ2n) is 9.95. The van der Waals surface area contributed by atoms with E-state index in [2.05, 4.69) is 22.6 Å². The first-order valence-corrected chi connectivity index (χ1v) is 13.2. The number of fused-ring (bicyclic) bond motifs is 1. The highest BCUT2D eigenvalue weighted by atomic mass is 32.2. The van der Waals surface area contributed by atoms with Crippen LogP contribution >= 0.6 is 0 Å². The van der Waals surface area contributed by atoms with Crippen LogP contribution in [-0.2, 0) is 21.0 Å². The number of nitrogens with zero attached hydrogens (tertiary/aromatic N) is 1. The summed E-state index contributed by atoms with van der Waals surface area (Å²) in [6.45, 7) is 5.52. The number of aliphatic hydroxyl groups is 1. The summed E-state index contributed by atoms with van der Waals surface area (Å²) in [4.78, 5) is 2.58. The number of rotatable bonds is 7. The van der Waals surface area contributed by atoms with E-state index in [9.17, 15) is 13.5 Å². The average molecular weight is 441 g/mol. The molecule has 0 bridgehead atoms. The lowest BCUT2D eigenvalue weighted by Gasteiger charge is -2.46. The Morgan fingerprint density at radius 1 is 1.03 bits per heavy atom. The first-order chi connectivity index (χ1) is 14.7. The predicted molar refractivity (Wildman–Crippen MR) is 123 cm³/mol. The zero-order chi connectivity index (χ0) is 21.9. The van der Waals surface area contributed by atoms with Crippen LogP contribution in [0.5, 0.6) is 0 Å². The number of anilines is 1. The Kier molecular flexibility index (Phi) is 4.96. The fourth-order valence-electron chi connectivity index (χ4n) is 6.58. The van der Waals surface area contributed by atoms with Gasteiger partial charge < -0.3 is 10.0 Å². The molecule has 6 heteroatoms. The van der Waals surface area contributed by atoms with E-state index in [0.29, 0.717) is 23.4 Å². The van der Waals surface area contributed by atoms with Crippen molar-refractivity contribution < 1.29 is 13.5 Å². The molecular weight excluding hydrogens is 408 g/mol. The molecule has 3 fully saturated rings. The van der Waals surface area contributed by atoms with E-state index in [-0.39, 0.29) is 5.41 Å². The highest BCUT2D eigenvalue weighted by Crippen LogP contribution is 2.65. The summed E-state index contributed by atoms with van der Waals surface area (Å²) in [7, 11) is -3.27. The number of likely N-dealkylation sites (tertiary alicyclic amines) is 1. The van der Waals surface area contributed by atoms with Gasteiger partial charge in [-0.1, -0.05) is 49.4 Å². The third-order valence-corrected chi connectivity index (χ3v) is 8.58. The fraction of sp³-hybridized carbons (Fsp3) is 0.520. The molecule has 166 valence electrons. The Hall–Kier alpha value is -1.89. The Labute approximate surface area is 185 Å². The average Bonchev–Trinajstić information content (AvgIpc) is 3.09. The van der Waals surface area contributed by atoms with E-state index in [1.54, 1.807) is 0 Å². The van der Waals surface area contributed by atoms with Gasteiger partial charge in [-0.3, -0.25) is 4.72 Å².